The summed E-state index contributed by atoms with van der Waals surface area (Å²) >= 11 is 0. The van der Waals surface area contributed by atoms with Crippen molar-refractivity contribution in [2.24, 2.45) is 11.7 Å². The predicted molar refractivity (Wildman–Crippen MR) is 113 cm³/mol. The van der Waals surface area contributed by atoms with Crippen LogP contribution in [0.5, 0.6) is 0 Å². The smallest absolute Gasteiger partial charge is 0.262 e. The number of benzene rings is 1. The summed E-state index contributed by atoms with van der Waals surface area (Å²) < 4.78 is 5.84. The highest BCUT2D eigenvalue weighted by Crippen LogP contribution is 2.31. The molecule has 0 saturated carbocycles. The predicted octanol–water partition coefficient (Wildman–Crippen LogP) is 0.416. The molecule has 0 aromatic heterocycles. The van der Waals surface area contributed by atoms with Crippen LogP contribution in [0.4, 0.5) is 0 Å². The van der Waals surface area contributed by atoms with E-state index in [2.05, 4.69) is 10.2 Å². The van der Waals surface area contributed by atoms with E-state index in [1.807, 2.05) is 6.07 Å². The molecule has 9 nitrogen and oxygen atoms in total. The number of imide groups is 2. The first-order valence-corrected chi connectivity index (χ1v) is 11.4. The number of nitrogens with one attached hydrogen (secondary N) is 1. The molecule has 0 radical (unpaired) electrons. The monoisotopic (exact) mass is 440 g/mol. The quantitative estimate of drug-likeness (QED) is 0.651. The second-order valence-electron chi connectivity index (χ2n) is 9.23. The first-order valence-electron chi connectivity index (χ1n) is 11.4. The Kier molecular flexibility index (Phi) is 5.56. The zero-order valence-corrected chi connectivity index (χ0v) is 17.9. The number of likely N-dealkylation sites (tertiary alicyclic amines) is 1. The summed E-state index contributed by atoms with van der Waals surface area (Å²) in [5.74, 6) is -1.42. The Morgan fingerprint density at radius 1 is 1.00 bits per heavy atom. The normalized spacial score (nSPS) is 29.5. The molecule has 0 bridgehead atoms. The summed E-state index contributed by atoms with van der Waals surface area (Å²) in [7, 11) is 0. The Morgan fingerprint density at radius 3 is 2.44 bits per heavy atom. The highest BCUT2D eigenvalue weighted by Gasteiger charge is 2.44. The van der Waals surface area contributed by atoms with Gasteiger partial charge in [0.25, 0.3) is 11.8 Å². The lowest BCUT2D eigenvalue weighted by Crippen LogP contribution is -2.54. The Labute approximate surface area is 186 Å². The van der Waals surface area contributed by atoms with E-state index < -0.39 is 23.8 Å². The van der Waals surface area contributed by atoms with Crippen molar-refractivity contribution in [3.63, 3.8) is 0 Å². The van der Waals surface area contributed by atoms with Gasteiger partial charge in [0, 0.05) is 25.6 Å². The van der Waals surface area contributed by atoms with Gasteiger partial charge in [0.1, 0.15) is 6.04 Å². The fourth-order valence-electron chi connectivity index (χ4n) is 5.43. The van der Waals surface area contributed by atoms with E-state index >= 15 is 0 Å². The number of rotatable bonds is 4. The van der Waals surface area contributed by atoms with Gasteiger partial charge in [-0.05, 0) is 62.4 Å². The number of nitrogens with two attached hydrogens (primary N) is 1. The van der Waals surface area contributed by atoms with Gasteiger partial charge in [0.2, 0.25) is 11.8 Å². The molecule has 4 aliphatic heterocycles. The van der Waals surface area contributed by atoms with Crippen molar-refractivity contribution in [1.82, 2.24) is 15.1 Å². The second-order valence-corrected chi connectivity index (χ2v) is 9.23. The van der Waals surface area contributed by atoms with Crippen LogP contribution >= 0.6 is 0 Å². The van der Waals surface area contributed by atoms with Crippen LogP contribution in [0.25, 0.3) is 0 Å². The average molecular weight is 441 g/mol. The third-order valence-electron chi connectivity index (χ3n) is 7.19. The number of piperidine rings is 2. The van der Waals surface area contributed by atoms with E-state index in [4.69, 9.17) is 10.5 Å². The van der Waals surface area contributed by atoms with Crippen molar-refractivity contribution in [3.8, 4) is 0 Å². The highest BCUT2D eigenvalue weighted by molar-refractivity contribution is 6.23. The van der Waals surface area contributed by atoms with Crippen molar-refractivity contribution in [1.29, 1.82) is 0 Å². The van der Waals surface area contributed by atoms with Crippen LogP contribution < -0.4 is 11.1 Å². The number of nitrogens with zero attached hydrogens (tertiary/aromatic N) is 2. The topological polar surface area (TPSA) is 122 Å². The number of amides is 4. The van der Waals surface area contributed by atoms with Gasteiger partial charge in [-0.1, -0.05) is 6.07 Å². The Bertz CT molecular complexity index is 971. The molecule has 4 heterocycles. The van der Waals surface area contributed by atoms with E-state index in [1.54, 1.807) is 12.1 Å². The van der Waals surface area contributed by atoms with E-state index in [1.165, 1.54) is 0 Å². The highest BCUT2D eigenvalue weighted by atomic mass is 16.5. The van der Waals surface area contributed by atoms with Crippen LogP contribution in [-0.4, -0.2) is 71.3 Å². The van der Waals surface area contributed by atoms with Crippen molar-refractivity contribution in [2.75, 3.05) is 19.7 Å². The molecule has 3 N–H and O–H groups in total. The standard InChI is InChI=1S/C23H28N4O5/c24-17-7-10-32-20(17)14-5-8-26(9-6-14)12-13-1-2-15-16(11-13)23(31)27(22(15)30)18-3-4-19(28)25-21(18)29/h1-2,11,14,17-18,20H,3-10,12,24H2,(H,25,28,29)/t17-,18?,20+/m1/s1. The van der Waals surface area contributed by atoms with Gasteiger partial charge in [-0.2, -0.15) is 0 Å². The molecule has 3 fully saturated rings. The lowest BCUT2D eigenvalue weighted by Gasteiger charge is -2.35. The maximum atomic E-state index is 13.0. The van der Waals surface area contributed by atoms with E-state index in [9.17, 15) is 19.2 Å². The summed E-state index contributed by atoms with van der Waals surface area (Å²) in [6.07, 6.45) is 3.43. The summed E-state index contributed by atoms with van der Waals surface area (Å²) in [6.45, 7) is 3.31. The number of carbonyl (C=O) groups is 4. The minimum Gasteiger partial charge on any atom is -0.376 e. The summed E-state index contributed by atoms with van der Waals surface area (Å²) in [6, 6.07) is 4.52. The molecule has 1 unspecified atom stereocenters. The Morgan fingerprint density at radius 2 is 1.75 bits per heavy atom. The molecule has 0 aliphatic carbocycles. The van der Waals surface area contributed by atoms with Gasteiger partial charge in [-0.3, -0.25) is 34.3 Å². The fourth-order valence-corrected chi connectivity index (χ4v) is 5.43. The molecule has 170 valence electrons. The van der Waals surface area contributed by atoms with Gasteiger partial charge in [-0.25, -0.2) is 0 Å². The molecule has 32 heavy (non-hydrogen) atoms. The third kappa shape index (κ3) is 3.74. The number of hydrogen-bond acceptors (Lipinski definition) is 7. The number of hydrogen-bond donors (Lipinski definition) is 2. The largest absolute Gasteiger partial charge is 0.376 e. The Hall–Kier alpha value is -2.62. The molecule has 4 aliphatic rings. The van der Waals surface area contributed by atoms with Crippen LogP contribution in [0, 0.1) is 5.92 Å². The number of ether oxygens (including phenoxy) is 1. The average Bonchev–Trinajstić information content (AvgIpc) is 3.30. The molecule has 9 heteroatoms. The van der Waals surface area contributed by atoms with Crippen molar-refractivity contribution in [2.45, 2.75) is 56.8 Å². The molecule has 0 spiro atoms. The number of fused-ring (bicyclic) bond motifs is 1. The third-order valence-corrected chi connectivity index (χ3v) is 7.19. The molecular weight excluding hydrogens is 412 g/mol. The van der Waals surface area contributed by atoms with Crippen LogP contribution in [0.2, 0.25) is 0 Å². The van der Waals surface area contributed by atoms with Crippen LogP contribution in [0.15, 0.2) is 18.2 Å². The van der Waals surface area contributed by atoms with E-state index in [0.29, 0.717) is 23.6 Å². The van der Waals surface area contributed by atoms with Gasteiger partial charge in [0.05, 0.1) is 17.2 Å². The zero-order valence-electron chi connectivity index (χ0n) is 17.9. The molecule has 1 aromatic rings. The first kappa shape index (κ1) is 21.2. The molecule has 3 saturated heterocycles. The van der Waals surface area contributed by atoms with Crippen LogP contribution in [0.3, 0.4) is 0 Å². The second kappa shape index (κ2) is 8.38. The van der Waals surface area contributed by atoms with Gasteiger partial charge < -0.3 is 10.5 Å². The SMILES string of the molecule is N[C@@H]1CCO[C@H]1C1CCN(Cc2ccc3c(c2)C(=O)N(C2CCC(=O)NC2=O)C3=O)CC1. The summed E-state index contributed by atoms with van der Waals surface area (Å²) in [5.41, 5.74) is 7.79. The molecule has 4 amide bonds. The van der Waals surface area contributed by atoms with E-state index in [0.717, 1.165) is 49.4 Å². The summed E-state index contributed by atoms with van der Waals surface area (Å²) in [4.78, 5) is 52.8. The maximum absolute atomic E-state index is 13.0. The fraction of sp³-hybridized carbons (Fsp3) is 0.565. The molecular formula is C23H28N4O5. The molecule has 5 rings (SSSR count). The minimum atomic E-state index is -0.938. The van der Waals surface area contributed by atoms with Crippen LogP contribution in [-0.2, 0) is 20.9 Å². The lowest BCUT2D eigenvalue weighted by atomic mass is 9.87. The minimum absolute atomic E-state index is 0.113. The van der Waals surface area contributed by atoms with Gasteiger partial charge >= 0.3 is 0 Å². The summed E-state index contributed by atoms with van der Waals surface area (Å²) in [5, 5.41) is 2.22. The van der Waals surface area contributed by atoms with Crippen LogP contribution in [0.1, 0.15) is 58.4 Å². The first-order chi connectivity index (χ1) is 15.4. The zero-order chi connectivity index (χ0) is 22.4. The van der Waals surface area contributed by atoms with Gasteiger partial charge in [0.15, 0.2) is 0 Å². The number of carbonyl (C=O) groups excluding carboxylic acids is 4. The molecule has 1 aromatic carbocycles. The van der Waals surface area contributed by atoms with Crippen molar-refractivity contribution < 1.29 is 23.9 Å². The van der Waals surface area contributed by atoms with Crippen molar-refractivity contribution >= 4 is 23.6 Å². The lowest BCUT2D eigenvalue weighted by molar-refractivity contribution is -0.136. The van der Waals surface area contributed by atoms with Crippen molar-refractivity contribution in [3.05, 3.63) is 34.9 Å². The van der Waals surface area contributed by atoms with Gasteiger partial charge in [-0.15, -0.1) is 0 Å². The Balaban J connectivity index is 1.24. The molecule has 3 atom stereocenters. The van der Waals surface area contributed by atoms with E-state index in [-0.39, 0.29) is 30.9 Å². The maximum Gasteiger partial charge on any atom is 0.262 e.